The molecule has 0 fully saturated rings. The quantitative estimate of drug-likeness (QED) is 0.865. The molecule has 0 bridgehead atoms. The van der Waals surface area contributed by atoms with Crippen molar-refractivity contribution in [3.63, 3.8) is 0 Å². The molecule has 0 aliphatic rings. The van der Waals surface area contributed by atoms with Gasteiger partial charge in [0.1, 0.15) is 11.6 Å². The van der Waals surface area contributed by atoms with Gasteiger partial charge < -0.3 is 14.6 Å². The third-order valence-corrected chi connectivity index (χ3v) is 2.74. The van der Waals surface area contributed by atoms with Crippen LogP contribution in [0.2, 0.25) is 0 Å². The fraction of sp³-hybridized carbons (Fsp3) is 0.429. The molecule has 0 saturated heterocycles. The Kier molecular flexibility index (Phi) is 4.39. The summed E-state index contributed by atoms with van der Waals surface area (Å²) in [6.45, 7) is 5.66. The molecule has 2 heterocycles. The smallest absolute Gasteiger partial charge is 0.224 e. The van der Waals surface area contributed by atoms with Crippen LogP contribution in [0.4, 0.5) is 11.8 Å². The van der Waals surface area contributed by atoms with E-state index in [1.807, 2.05) is 37.1 Å². The zero-order chi connectivity index (χ0) is 13.7. The Bertz CT molecular complexity index is 510. The number of aromatic nitrogens is 2. The second kappa shape index (κ2) is 6.22. The second-order valence-corrected chi connectivity index (χ2v) is 4.55. The lowest BCUT2D eigenvalue weighted by Crippen LogP contribution is -2.18. The molecule has 0 spiro atoms. The van der Waals surface area contributed by atoms with Gasteiger partial charge in [0.05, 0.1) is 12.8 Å². The molecular formula is C14H20N4O. The predicted molar refractivity (Wildman–Crippen MR) is 76.4 cm³/mol. The molecule has 0 unspecified atom stereocenters. The van der Waals surface area contributed by atoms with E-state index in [2.05, 4.69) is 22.2 Å². The highest BCUT2D eigenvalue weighted by Crippen LogP contribution is 2.16. The highest BCUT2D eigenvalue weighted by atomic mass is 16.3. The number of rotatable bonds is 6. The van der Waals surface area contributed by atoms with E-state index < -0.39 is 0 Å². The van der Waals surface area contributed by atoms with E-state index >= 15 is 0 Å². The van der Waals surface area contributed by atoms with E-state index in [-0.39, 0.29) is 0 Å². The van der Waals surface area contributed by atoms with Gasteiger partial charge in [0.15, 0.2) is 0 Å². The minimum absolute atomic E-state index is 0.683. The molecule has 2 rings (SSSR count). The van der Waals surface area contributed by atoms with E-state index in [4.69, 9.17) is 4.42 Å². The molecule has 2 aromatic rings. The Morgan fingerprint density at radius 2 is 2.21 bits per heavy atom. The average Bonchev–Trinajstić information content (AvgIpc) is 2.88. The minimum Gasteiger partial charge on any atom is -0.467 e. The molecular weight excluding hydrogens is 240 g/mol. The number of nitrogens with zero attached hydrogens (tertiary/aromatic N) is 3. The van der Waals surface area contributed by atoms with Gasteiger partial charge >= 0.3 is 0 Å². The zero-order valence-electron chi connectivity index (χ0n) is 11.7. The van der Waals surface area contributed by atoms with Gasteiger partial charge in [-0.15, -0.1) is 0 Å². The van der Waals surface area contributed by atoms with Crippen LogP contribution in [0.3, 0.4) is 0 Å². The lowest BCUT2D eigenvalue weighted by Gasteiger charge is -2.18. The molecule has 1 N–H and O–H groups in total. The van der Waals surface area contributed by atoms with Gasteiger partial charge in [0, 0.05) is 25.4 Å². The summed E-state index contributed by atoms with van der Waals surface area (Å²) in [6.07, 6.45) is 2.73. The summed E-state index contributed by atoms with van der Waals surface area (Å²) >= 11 is 0. The van der Waals surface area contributed by atoms with E-state index in [1.165, 1.54) is 0 Å². The lowest BCUT2D eigenvalue weighted by molar-refractivity contribution is 0.507. The Morgan fingerprint density at radius 1 is 1.37 bits per heavy atom. The Morgan fingerprint density at radius 3 is 2.89 bits per heavy atom. The summed E-state index contributed by atoms with van der Waals surface area (Å²) in [5, 5.41) is 3.22. The molecule has 102 valence electrons. The van der Waals surface area contributed by atoms with Crippen molar-refractivity contribution < 1.29 is 4.42 Å². The van der Waals surface area contributed by atoms with Crippen molar-refractivity contribution in [3.8, 4) is 0 Å². The summed E-state index contributed by atoms with van der Waals surface area (Å²) in [5.74, 6) is 2.49. The van der Waals surface area contributed by atoms with Crippen molar-refractivity contribution in [1.29, 1.82) is 0 Å². The first-order valence-corrected chi connectivity index (χ1v) is 6.52. The van der Waals surface area contributed by atoms with Gasteiger partial charge in [-0.3, -0.25) is 0 Å². The van der Waals surface area contributed by atoms with Crippen molar-refractivity contribution in [2.45, 2.75) is 26.8 Å². The molecule has 0 saturated carbocycles. The van der Waals surface area contributed by atoms with Crippen molar-refractivity contribution in [2.24, 2.45) is 0 Å². The van der Waals surface area contributed by atoms with Crippen LogP contribution >= 0.6 is 0 Å². The van der Waals surface area contributed by atoms with Gasteiger partial charge in [0.2, 0.25) is 5.95 Å². The molecule has 2 aromatic heterocycles. The van der Waals surface area contributed by atoms with Crippen molar-refractivity contribution in [2.75, 3.05) is 23.8 Å². The largest absolute Gasteiger partial charge is 0.467 e. The summed E-state index contributed by atoms with van der Waals surface area (Å²) < 4.78 is 5.35. The number of anilines is 2. The summed E-state index contributed by atoms with van der Waals surface area (Å²) in [5.41, 5.74) is 0.954. The maximum Gasteiger partial charge on any atom is 0.224 e. The second-order valence-electron chi connectivity index (χ2n) is 4.55. The van der Waals surface area contributed by atoms with Gasteiger partial charge in [0.25, 0.3) is 0 Å². The van der Waals surface area contributed by atoms with Gasteiger partial charge in [-0.2, -0.15) is 4.98 Å². The van der Waals surface area contributed by atoms with E-state index in [9.17, 15) is 0 Å². The first-order chi connectivity index (χ1) is 9.19. The number of furan rings is 1. The number of aryl methyl sites for hydroxylation is 1. The van der Waals surface area contributed by atoms with Crippen LogP contribution in [-0.2, 0) is 6.54 Å². The van der Waals surface area contributed by atoms with Gasteiger partial charge in [-0.05, 0) is 25.5 Å². The molecule has 19 heavy (non-hydrogen) atoms. The first kappa shape index (κ1) is 13.4. The van der Waals surface area contributed by atoms with Crippen molar-refractivity contribution >= 4 is 11.8 Å². The Balaban J connectivity index is 2.11. The summed E-state index contributed by atoms with van der Waals surface area (Å²) in [7, 11) is 1.99. The van der Waals surface area contributed by atoms with Gasteiger partial charge in [-0.1, -0.05) is 6.92 Å². The van der Waals surface area contributed by atoms with Crippen LogP contribution < -0.4 is 10.2 Å². The molecule has 0 aromatic carbocycles. The van der Waals surface area contributed by atoms with Crippen LogP contribution in [-0.4, -0.2) is 23.6 Å². The number of hydrogen-bond donors (Lipinski definition) is 1. The zero-order valence-corrected chi connectivity index (χ0v) is 11.7. The third-order valence-electron chi connectivity index (χ3n) is 2.74. The van der Waals surface area contributed by atoms with E-state index in [0.717, 1.165) is 30.2 Å². The summed E-state index contributed by atoms with van der Waals surface area (Å²) in [4.78, 5) is 10.9. The SMILES string of the molecule is CCCNc1nc(C)cc(N(C)Cc2ccco2)n1. The topological polar surface area (TPSA) is 54.2 Å². The third kappa shape index (κ3) is 3.71. The Labute approximate surface area is 113 Å². The highest BCUT2D eigenvalue weighted by molar-refractivity contribution is 5.44. The molecule has 5 nitrogen and oxygen atoms in total. The molecule has 0 radical (unpaired) electrons. The fourth-order valence-corrected chi connectivity index (χ4v) is 1.78. The standard InChI is InChI=1S/C14H20N4O/c1-4-7-15-14-16-11(2)9-13(17-14)18(3)10-12-6-5-8-19-12/h5-6,8-9H,4,7,10H2,1-3H3,(H,15,16,17). The van der Waals surface area contributed by atoms with E-state index in [1.54, 1.807) is 6.26 Å². The van der Waals surface area contributed by atoms with Crippen LogP contribution in [0.15, 0.2) is 28.9 Å². The lowest BCUT2D eigenvalue weighted by atomic mass is 10.3. The normalized spacial score (nSPS) is 10.5. The van der Waals surface area contributed by atoms with Crippen LogP contribution in [0, 0.1) is 6.92 Å². The average molecular weight is 260 g/mol. The molecule has 0 aliphatic heterocycles. The van der Waals surface area contributed by atoms with Crippen molar-refractivity contribution in [3.05, 3.63) is 35.9 Å². The number of hydrogen-bond acceptors (Lipinski definition) is 5. The van der Waals surface area contributed by atoms with Gasteiger partial charge in [-0.25, -0.2) is 4.98 Å². The molecule has 0 aliphatic carbocycles. The predicted octanol–water partition coefficient (Wildman–Crippen LogP) is 2.84. The number of nitrogens with one attached hydrogen (secondary N) is 1. The summed E-state index contributed by atoms with van der Waals surface area (Å²) in [6, 6.07) is 5.82. The maximum atomic E-state index is 5.35. The maximum absolute atomic E-state index is 5.35. The Hall–Kier alpha value is -2.04. The molecule has 0 amide bonds. The van der Waals surface area contributed by atoms with Crippen LogP contribution in [0.25, 0.3) is 0 Å². The minimum atomic E-state index is 0.683. The fourth-order valence-electron chi connectivity index (χ4n) is 1.78. The highest BCUT2D eigenvalue weighted by Gasteiger charge is 2.08. The van der Waals surface area contributed by atoms with Crippen molar-refractivity contribution in [1.82, 2.24) is 9.97 Å². The molecule has 0 atom stereocenters. The van der Waals surface area contributed by atoms with E-state index in [0.29, 0.717) is 12.5 Å². The van der Waals surface area contributed by atoms with Crippen LogP contribution in [0.5, 0.6) is 0 Å². The molecule has 5 heteroatoms. The van der Waals surface area contributed by atoms with Crippen LogP contribution in [0.1, 0.15) is 24.8 Å². The monoisotopic (exact) mass is 260 g/mol. The first-order valence-electron chi connectivity index (χ1n) is 6.52.